The van der Waals surface area contributed by atoms with Crippen LogP contribution in [0.5, 0.6) is 0 Å². The second-order valence-corrected chi connectivity index (χ2v) is 6.66. The number of hydrogen-bond acceptors (Lipinski definition) is 4. The lowest BCUT2D eigenvalue weighted by molar-refractivity contribution is 0.539. The van der Waals surface area contributed by atoms with E-state index < -0.39 is 0 Å². The van der Waals surface area contributed by atoms with Gasteiger partial charge in [0.15, 0.2) is 0 Å². The Morgan fingerprint density at radius 2 is 2.06 bits per heavy atom. The number of aromatic nitrogens is 2. The summed E-state index contributed by atoms with van der Waals surface area (Å²) in [5.41, 5.74) is 0. The van der Waals surface area contributed by atoms with Crippen LogP contribution in [-0.2, 0) is 0 Å². The van der Waals surface area contributed by atoms with Crippen LogP contribution >= 0.6 is 22.9 Å². The molecule has 2 heterocycles. The SMILES string of the molecule is Cc1cc2c(NC(C)CC(C)C)nc(Cl)nc2s1. The fourth-order valence-corrected chi connectivity index (χ4v) is 3.22. The molecule has 0 aliphatic heterocycles. The van der Waals surface area contributed by atoms with E-state index in [-0.39, 0.29) is 0 Å². The van der Waals surface area contributed by atoms with Crippen molar-refractivity contribution in [2.75, 3.05) is 5.32 Å². The molecule has 2 aromatic heterocycles. The Kier molecular flexibility index (Phi) is 4.07. The van der Waals surface area contributed by atoms with Crippen LogP contribution in [0.15, 0.2) is 6.07 Å². The van der Waals surface area contributed by atoms with Gasteiger partial charge in [-0.3, -0.25) is 0 Å². The Bertz CT molecular complexity index is 550. The van der Waals surface area contributed by atoms with Gasteiger partial charge in [0.1, 0.15) is 10.6 Å². The summed E-state index contributed by atoms with van der Waals surface area (Å²) in [7, 11) is 0. The molecule has 0 aromatic carbocycles. The van der Waals surface area contributed by atoms with Crippen LogP contribution in [0.3, 0.4) is 0 Å². The van der Waals surface area contributed by atoms with Crippen LogP contribution in [0.25, 0.3) is 10.2 Å². The van der Waals surface area contributed by atoms with Gasteiger partial charge in [-0.15, -0.1) is 11.3 Å². The number of thiophene rings is 1. The van der Waals surface area contributed by atoms with E-state index >= 15 is 0 Å². The lowest BCUT2D eigenvalue weighted by Gasteiger charge is -2.17. The van der Waals surface area contributed by atoms with Crippen molar-refractivity contribution in [1.29, 1.82) is 0 Å². The van der Waals surface area contributed by atoms with Crippen molar-refractivity contribution >= 4 is 39.0 Å². The maximum atomic E-state index is 5.97. The summed E-state index contributed by atoms with van der Waals surface area (Å²) in [6, 6.07) is 2.49. The van der Waals surface area contributed by atoms with Crippen molar-refractivity contribution in [1.82, 2.24) is 9.97 Å². The average molecular weight is 284 g/mol. The van der Waals surface area contributed by atoms with Gasteiger partial charge in [-0.1, -0.05) is 13.8 Å². The normalized spacial score (nSPS) is 13.2. The van der Waals surface area contributed by atoms with E-state index in [0.717, 1.165) is 22.5 Å². The van der Waals surface area contributed by atoms with Crippen LogP contribution in [0.4, 0.5) is 5.82 Å². The van der Waals surface area contributed by atoms with Crippen molar-refractivity contribution in [2.24, 2.45) is 5.92 Å². The Labute approximate surface area is 117 Å². The van der Waals surface area contributed by atoms with Crippen LogP contribution in [0.2, 0.25) is 5.28 Å². The fraction of sp³-hybridized carbons (Fsp3) is 0.538. The molecule has 2 rings (SSSR count). The third-order valence-electron chi connectivity index (χ3n) is 2.70. The third kappa shape index (κ3) is 3.12. The smallest absolute Gasteiger partial charge is 0.225 e. The molecule has 0 saturated heterocycles. The highest BCUT2D eigenvalue weighted by atomic mass is 35.5. The van der Waals surface area contributed by atoms with Crippen molar-refractivity contribution in [3.63, 3.8) is 0 Å². The molecular formula is C13H18ClN3S. The molecule has 18 heavy (non-hydrogen) atoms. The van der Waals surface area contributed by atoms with Crippen molar-refractivity contribution in [3.8, 4) is 0 Å². The standard InChI is InChI=1S/C13H18ClN3S/c1-7(2)5-8(3)15-11-10-6-9(4)18-12(10)17-13(14)16-11/h6-8H,5H2,1-4H3,(H,15,16,17). The molecular weight excluding hydrogens is 266 g/mol. The van der Waals surface area contributed by atoms with Gasteiger partial charge in [-0.2, -0.15) is 0 Å². The van der Waals surface area contributed by atoms with E-state index in [4.69, 9.17) is 11.6 Å². The summed E-state index contributed by atoms with van der Waals surface area (Å²) in [4.78, 5) is 10.7. The van der Waals surface area contributed by atoms with Crippen LogP contribution < -0.4 is 5.32 Å². The van der Waals surface area contributed by atoms with Gasteiger partial charge in [0, 0.05) is 10.9 Å². The second-order valence-electron chi connectivity index (χ2n) is 5.09. The minimum atomic E-state index is 0.309. The van der Waals surface area contributed by atoms with Gasteiger partial charge >= 0.3 is 0 Å². The molecule has 0 saturated carbocycles. The maximum Gasteiger partial charge on any atom is 0.225 e. The number of anilines is 1. The molecule has 0 aliphatic rings. The third-order valence-corrected chi connectivity index (χ3v) is 3.81. The first-order valence-corrected chi connectivity index (χ1v) is 7.35. The predicted molar refractivity (Wildman–Crippen MR) is 79.7 cm³/mol. The highest BCUT2D eigenvalue weighted by Gasteiger charge is 2.12. The summed E-state index contributed by atoms with van der Waals surface area (Å²) in [6.07, 6.45) is 1.10. The Hall–Kier alpha value is -0.870. The fourth-order valence-electron chi connectivity index (χ4n) is 2.13. The highest BCUT2D eigenvalue weighted by molar-refractivity contribution is 7.18. The second kappa shape index (κ2) is 5.41. The van der Waals surface area contributed by atoms with Gasteiger partial charge < -0.3 is 5.32 Å². The zero-order valence-electron chi connectivity index (χ0n) is 11.1. The Balaban J connectivity index is 2.31. The molecule has 1 N–H and O–H groups in total. The van der Waals surface area contributed by atoms with E-state index in [9.17, 15) is 0 Å². The van der Waals surface area contributed by atoms with Gasteiger partial charge in [-0.25, -0.2) is 9.97 Å². The summed E-state index contributed by atoms with van der Waals surface area (Å²) in [5.74, 6) is 1.51. The molecule has 1 unspecified atom stereocenters. The number of halogens is 1. The van der Waals surface area contributed by atoms with Crippen molar-refractivity contribution < 1.29 is 0 Å². The number of aryl methyl sites for hydroxylation is 1. The minimum absolute atomic E-state index is 0.309. The summed E-state index contributed by atoms with van der Waals surface area (Å²) in [5, 5.41) is 4.82. The summed E-state index contributed by atoms with van der Waals surface area (Å²) >= 11 is 7.61. The molecule has 0 bridgehead atoms. The molecule has 2 aromatic rings. The maximum absolute atomic E-state index is 5.97. The first-order chi connectivity index (χ1) is 8.45. The molecule has 98 valence electrons. The number of hydrogen-bond donors (Lipinski definition) is 1. The van der Waals surface area contributed by atoms with E-state index in [2.05, 4.69) is 49.0 Å². The first kappa shape index (κ1) is 13.6. The molecule has 0 aliphatic carbocycles. The van der Waals surface area contributed by atoms with Gasteiger partial charge in [0.2, 0.25) is 5.28 Å². The van der Waals surface area contributed by atoms with Crippen molar-refractivity contribution in [3.05, 3.63) is 16.2 Å². The van der Waals surface area contributed by atoms with Gasteiger partial charge in [-0.05, 0) is 43.9 Å². The largest absolute Gasteiger partial charge is 0.367 e. The van der Waals surface area contributed by atoms with E-state index in [1.54, 1.807) is 11.3 Å². The van der Waals surface area contributed by atoms with Crippen molar-refractivity contribution in [2.45, 2.75) is 40.2 Å². The molecule has 0 radical (unpaired) electrons. The topological polar surface area (TPSA) is 37.8 Å². The molecule has 5 heteroatoms. The number of nitrogens with zero attached hydrogens (tertiary/aromatic N) is 2. The predicted octanol–water partition coefficient (Wildman–Crippen LogP) is 4.50. The molecule has 0 amide bonds. The van der Waals surface area contributed by atoms with Gasteiger partial charge in [0.25, 0.3) is 0 Å². The highest BCUT2D eigenvalue weighted by Crippen LogP contribution is 2.30. The van der Waals surface area contributed by atoms with E-state index in [1.807, 2.05) is 0 Å². The Morgan fingerprint density at radius 3 is 2.72 bits per heavy atom. The first-order valence-electron chi connectivity index (χ1n) is 6.16. The average Bonchev–Trinajstić information content (AvgIpc) is 2.56. The lowest BCUT2D eigenvalue weighted by atomic mass is 10.1. The van der Waals surface area contributed by atoms with Crippen LogP contribution in [0.1, 0.15) is 32.1 Å². The molecule has 1 atom stereocenters. The minimum Gasteiger partial charge on any atom is -0.367 e. The van der Waals surface area contributed by atoms with E-state index in [0.29, 0.717) is 17.2 Å². The van der Waals surface area contributed by atoms with E-state index in [1.165, 1.54) is 4.88 Å². The quantitative estimate of drug-likeness (QED) is 0.840. The number of nitrogens with one attached hydrogen (secondary N) is 1. The van der Waals surface area contributed by atoms with Crippen LogP contribution in [-0.4, -0.2) is 16.0 Å². The number of fused-ring (bicyclic) bond motifs is 1. The lowest BCUT2D eigenvalue weighted by Crippen LogP contribution is -2.18. The van der Waals surface area contributed by atoms with Crippen LogP contribution in [0, 0.1) is 12.8 Å². The zero-order chi connectivity index (χ0) is 13.3. The number of rotatable bonds is 4. The molecule has 0 fully saturated rings. The monoisotopic (exact) mass is 283 g/mol. The van der Waals surface area contributed by atoms with Gasteiger partial charge in [0.05, 0.1) is 5.39 Å². The summed E-state index contributed by atoms with van der Waals surface area (Å²) in [6.45, 7) is 8.67. The summed E-state index contributed by atoms with van der Waals surface area (Å²) < 4.78 is 0. The molecule has 0 spiro atoms. The zero-order valence-corrected chi connectivity index (χ0v) is 12.7. The molecule has 3 nitrogen and oxygen atoms in total. The Morgan fingerprint density at radius 1 is 1.33 bits per heavy atom.